The second-order valence-electron chi connectivity index (χ2n) is 5.91. The molecule has 0 amide bonds. The molecule has 0 aliphatic heterocycles. The van der Waals surface area contributed by atoms with Gasteiger partial charge in [-0.15, -0.1) is 0 Å². The third-order valence-electron chi connectivity index (χ3n) is 3.49. The van der Waals surface area contributed by atoms with E-state index in [1.54, 1.807) is 18.3 Å². The van der Waals surface area contributed by atoms with Crippen molar-refractivity contribution in [2.75, 3.05) is 33.0 Å². The molecule has 31 heavy (non-hydrogen) atoms. The van der Waals surface area contributed by atoms with Gasteiger partial charge in [0.2, 0.25) is 0 Å². The van der Waals surface area contributed by atoms with Crippen LogP contribution >= 0.6 is 69.6 Å². The quantitative estimate of drug-likeness (QED) is 0.118. The minimum atomic E-state index is 0.129. The molecule has 1 aromatic rings. The Morgan fingerprint density at radius 1 is 0.806 bits per heavy atom. The maximum Gasteiger partial charge on any atom is 0.156 e. The molecule has 0 bridgehead atoms. The Labute approximate surface area is 212 Å². The number of rotatable bonds is 16. The number of ether oxygens (including phenoxy) is 3. The van der Waals surface area contributed by atoms with Crippen molar-refractivity contribution < 1.29 is 19.0 Å². The molecule has 5 nitrogen and oxygen atoms in total. The van der Waals surface area contributed by atoms with E-state index in [9.17, 15) is 0 Å². The summed E-state index contributed by atoms with van der Waals surface area (Å²) in [4.78, 5) is 4.92. The molecule has 0 saturated carbocycles. The summed E-state index contributed by atoms with van der Waals surface area (Å²) in [7, 11) is 0. The average molecular weight is 554 g/mol. The molecular formula is C20H23Cl6NO4. The molecule has 0 radical (unpaired) electrons. The first-order chi connectivity index (χ1) is 14.9. The number of oxime groups is 1. The number of hydrogen-bond acceptors (Lipinski definition) is 5. The lowest BCUT2D eigenvalue weighted by Crippen LogP contribution is -2.02. The molecule has 0 spiro atoms. The van der Waals surface area contributed by atoms with Gasteiger partial charge in [-0.25, -0.2) is 0 Å². The monoisotopic (exact) mass is 551 g/mol. The Balaban J connectivity index is 2.11. The van der Waals surface area contributed by atoms with Crippen LogP contribution in [-0.2, 0) is 9.57 Å². The lowest BCUT2D eigenvalue weighted by Gasteiger charge is -2.12. The molecule has 0 heterocycles. The largest absolute Gasteiger partial charge is 0.490 e. The molecule has 11 heteroatoms. The minimum absolute atomic E-state index is 0.129. The first-order valence-electron chi connectivity index (χ1n) is 9.38. The number of halogens is 6. The van der Waals surface area contributed by atoms with E-state index in [2.05, 4.69) is 5.16 Å². The van der Waals surface area contributed by atoms with Gasteiger partial charge in [-0.3, -0.25) is 0 Å². The van der Waals surface area contributed by atoms with E-state index in [1.165, 1.54) is 12.2 Å². The molecule has 0 unspecified atom stereocenters. The Morgan fingerprint density at radius 3 is 2.13 bits per heavy atom. The predicted octanol–water partition coefficient (Wildman–Crippen LogP) is 7.97. The Hall–Kier alpha value is -0.530. The van der Waals surface area contributed by atoms with Gasteiger partial charge in [0.25, 0.3) is 0 Å². The smallest absolute Gasteiger partial charge is 0.156 e. The van der Waals surface area contributed by atoms with Crippen LogP contribution in [0.15, 0.2) is 38.4 Å². The summed E-state index contributed by atoms with van der Waals surface area (Å²) in [6.07, 6.45) is 8.03. The summed E-state index contributed by atoms with van der Waals surface area (Å²) in [5.74, 6) is 0.932. The van der Waals surface area contributed by atoms with E-state index in [-0.39, 0.29) is 22.2 Å². The normalized spacial score (nSPS) is 10.8. The molecule has 1 aromatic carbocycles. The first kappa shape index (κ1) is 28.5. The van der Waals surface area contributed by atoms with Gasteiger partial charge in [0.05, 0.1) is 23.3 Å². The van der Waals surface area contributed by atoms with Crippen LogP contribution in [0.1, 0.15) is 25.7 Å². The van der Waals surface area contributed by atoms with Crippen LogP contribution in [0, 0.1) is 0 Å². The van der Waals surface area contributed by atoms with Crippen molar-refractivity contribution in [2.45, 2.75) is 25.7 Å². The van der Waals surface area contributed by atoms with Crippen LogP contribution in [0.3, 0.4) is 0 Å². The van der Waals surface area contributed by atoms with Crippen molar-refractivity contribution in [1.82, 2.24) is 0 Å². The fourth-order valence-corrected chi connectivity index (χ4v) is 2.93. The number of unbranched alkanes of at least 4 members (excludes halogenated alkanes) is 2. The van der Waals surface area contributed by atoms with E-state index >= 15 is 0 Å². The maximum absolute atomic E-state index is 6.23. The van der Waals surface area contributed by atoms with E-state index in [0.717, 1.165) is 19.3 Å². The molecule has 0 N–H and O–H groups in total. The highest BCUT2D eigenvalue weighted by Gasteiger charge is 2.10. The fourth-order valence-electron chi connectivity index (χ4n) is 2.10. The second kappa shape index (κ2) is 18.0. The van der Waals surface area contributed by atoms with Gasteiger partial charge in [-0.1, -0.05) is 74.8 Å². The molecule has 1 rings (SSSR count). The topological polar surface area (TPSA) is 49.3 Å². The summed E-state index contributed by atoms with van der Waals surface area (Å²) in [6, 6.07) is 3.26. The maximum atomic E-state index is 6.23. The van der Waals surface area contributed by atoms with Crippen molar-refractivity contribution in [1.29, 1.82) is 0 Å². The van der Waals surface area contributed by atoms with Crippen LogP contribution in [-0.4, -0.2) is 39.2 Å². The zero-order valence-electron chi connectivity index (χ0n) is 16.6. The molecule has 0 atom stereocenters. The van der Waals surface area contributed by atoms with Crippen LogP contribution < -0.4 is 9.47 Å². The summed E-state index contributed by atoms with van der Waals surface area (Å²) in [5.41, 5.74) is 0. The van der Waals surface area contributed by atoms with Crippen molar-refractivity contribution in [3.63, 3.8) is 0 Å². The lowest BCUT2D eigenvalue weighted by molar-refractivity contribution is 0.134. The Bertz CT molecular complexity index is 711. The summed E-state index contributed by atoms with van der Waals surface area (Å²) in [5, 5.41) is 4.49. The standard InChI is InChI=1S/C20H23Cl6NO4/c21-16-13-15(29-11-5-18(23)24)14-17(22)20(16)30-10-3-1-2-8-28-9-4-7-27-31-12-6-19(25)26/h5-7,13-14H,1-4,8-12H2. The average Bonchev–Trinajstić information content (AvgIpc) is 2.69. The van der Waals surface area contributed by atoms with Crippen LogP contribution in [0.5, 0.6) is 11.5 Å². The fraction of sp³-hybridized carbons (Fsp3) is 0.450. The third-order valence-corrected chi connectivity index (χ3v) is 4.67. The van der Waals surface area contributed by atoms with Gasteiger partial charge in [-0.05, 0) is 31.4 Å². The van der Waals surface area contributed by atoms with Gasteiger partial charge in [0.15, 0.2) is 5.75 Å². The number of benzene rings is 1. The van der Waals surface area contributed by atoms with Gasteiger partial charge in [0.1, 0.15) is 27.9 Å². The van der Waals surface area contributed by atoms with Crippen LogP contribution in [0.2, 0.25) is 10.0 Å². The zero-order chi connectivity index (χ0) is 22.9. The highest BCUT2D eigenvalue weighted by atomic mass is 35.5. The lowest BCUT2D eigenvalue weighted by atomic mass is 10.2. The Kier molecular flexibility index (Phi) is 16.5. The van der Waals surface area contributed by atoms with Crippen molar-refractivity contribution >= 4 is 75.8 Å². The molecule has 0 aliphatic rings. The third kappa shape index (κ3) is 15.0. The molecule has 0 aromatic heterocycles. The number of nitrogens with zero attached hydrogens (tertiary/aromatic N) is 1. The Morgan fingerprint density at radius 2 is 1.45 bits per heavy atom. The molecule has 0 saturated heterocycles. The summed E-state index contributed by atoms with van der Waals surface area (Å²) < 4.78 is 17.0. The van der Waals surface area contributed by atoms with E-state index in [0.29, 0.717) is 47.8 Å². The van der Waals surface area contributed by atoms with E-state index in [1.807, 2.05) is 0 Å². The number of hydrogen-bond donors (Lipinski definition) is 0. The predicted molar refractivity (Wildman–Crippen MR) is 131 cm³/mol. The summed E-state index contributed by atoms with van der Waals surface area (Å²) >= 11 is 34.4. The van der Waals surface area contributed by atoms with Gasteiger partial charge in [-0.2, -0.15) is 0 Å². The zero-order valence-corrected chi connectivity index (χ0v) is 21.1. The SMILES string of the molecule is ClC(Cl)=CCON=CCCOCCCCCOc1c(Cl)cc(OCC=C(Cl)Cl)cc1Cl. The highest BCUT2D eigenvalue weighted by molar-refractivity contribution is 6.56. The van der Waals surface area contributed by atoms with Gasteiger partial charge < -0.3 is 19.0 Å². The van der Waals surface area contributed by atoms with Gasteiger partial charge in [0, 0.05) is 31.4 Å². The minimum Gasteiger partial charge on any atom is -0.490 e. The molecule has 174 valence electrons. The van der Waals surface area contributed by atoms with E-state index in [4.69, 9.17) is 88.7 Å². The second-order valence-corrected chi connectivity index (χ2v) is 8.74. The van der Waals surface area contributed by atoms with Crippen molar-refractivity contribution in [2.24, 2.45) is 5.16 Å². The van der Waals surface area contributed by atoms with Crippen molar-refractivity contribution in [3.8, 4) is 11.5 Å². The summed E-state index contributed by atoms with van der Waals surface area (Å²) in [6.45, 7) is 2.17. The van der Waals surface area contributed by atoms with Crippen LogP contribution in [0.25, 0.3) is 0 Å². The highest BCUT2D eigenvalue weighted by Crippen LogP contribution is 2.37. The first-order valence-corrected chi connectivity index (χ1v) is 11.7. The van der Waals surface area contributed by atoms with Gasteiger partial charge >= 0.3 is 0 Å². The molecule has 0 aliphatic carbocycles. The molecular weight excluding hydrogens is 531 g/mol. The molecule has 0 fully saturated rings. The van der Waals surface area contributed by atoms with Crippen molar-refractivity contribution in [3.05, 3.63) is 43.3 Å². The van der Waals surface area contributed by atoms with E-state index < -0.39 is 0 Å². The van der Waals surface area contributed by atoms with Crippen LogP contribution in [0.4, 0.5) is 0 Å².